The number of carbonyl (C=O) groups is 1. The number of hydrogen-bond acceptors (Lipinski definition) is 3. The highest BCUT2D eigenvalue weighted by Crippen LogP contribution is 2.17. The molecule has 3 aromatic rings. The first kappa shape index (κ1) is 15.3. The summed E-state index contributed by atoms with van der Waals surface area (Å²) in [5.41, 5.74) is 3.09. The molecule has 1 amide bonds. The molecule has 1 N–H and O–H groups in total. The molecule has 120 valence electrons. The molecule has 0 bridgehead atoms. The van der Waals surface area contributed by atoms with Gasteiger partial charge in [0.05, 0.1) is 11.0 Å². The number of fused-ring (bicyclic) bond motifs is 1. The van der Waals surface area contributed by atoms with Gasteiger partial charge >= 0.3 is 0 Å². The molecule has 6 nitrogen and oxygen atoms in total. The Morgan fingerprint density at radius 3 is 2.91 bits per heavy atom. The monoisotopic (exact) mass is 311 g/mol. The fourth-order valence-corrected chi connectivity index (χ4v) is 2.74. The number of nitrogens with one attached hydrogen (secondary N) is 1. The molecule has 0 saturated carbocycles. The quantitative estimate of drug-likeness (QED) is 0.786. The van der Waals surface area contributed by atoms with Gasteiger partial charge in [-0.2, -0.15) is 5.10 Å². The van der Waals surface area contributed by atoms with Crippen LogP contribution in [0.5, 0.6) is 0 Å². The zero-order valence-corrected chi connectivity index (χ0v) is 13.7. The van der Waals surface area contributed by atoms with Crippen molar-refractivity contribution in [3.8, 4) is 0 Å². The molecular formula is C17H21N5O. The maximum absolute atomic E-state index is 12.4. The predicted molar refractivity (Wildman–Crippen MR) is 88.9 cm³/mol. The Hall–Kier alpha value is -2.63. The topological polar surface area (TPSA) is 64.7 Å². The van der Waals surface area contributed by atoms with Crippen molar-refractivity contribution in [1.82, 2.24) is 24.6 Å². The van der Waals surface area contributed by atoms with Gasteiger partial charge in [-0.1, -0.05) is 13.0 Å². The number of carbonyl (C=O) groups excluding carboxylic acids is 1. The first-order chi connectivity index (χ1) is 11.1. The summed E-state index contributed by atoms with van der Waals surface area (Å²) in [5.74, 6) is 0.958. The van der Waals surface area contributed by atoms with Gasteiger partial charge in [-0.15, -0.1) is 0 Å². The standard InChI is InChI=1S/C17H21N5O/c1-4-15(22-9-5-8-19-22)17(23)18-11-13-6-7-16-14(10-13)20-12(2)21(16)3/h5-10,15H,4,11H2,1-3H3,(H,18,23). The molecule has 0 saturated heterocycles. The summed E-state index contributed by atoms with van der Waals surface area (Å²) in [4.78, 5) is 16.9. The van der Waals surface area contributed by atoms with E-state index in [9.17, 15) is 4.79 Å². The fourth-order valence-electron chi connectivity index (χ4n) is 2.74. The number of imidazole rings is 1. The zero-order valence-electron chi connectivity index (χ0n) is 13.7. The smallest absolute Gasteiger partial charge is 0.245 e. The molecule has 0 aliphatic heterocycles. The number of nitrogens with zero attached hydrogens (tertiary/aromatic N) is 4. The lowest BCUT2D eigenvalue weighted by Crippen LogP contribution is -2.32. The van der Waals surface area contributed by atoms with Crippen molar-refractivity contribution in [3.63, 3.8) is 0 Å². The molecule has 2 aromatic heterocycles. The van der Waals surface area contributed by atoms with Crippen molar-refractivity contribution < 1.29 is 4.79 Å². The van der Waals surface area contributed by atoms with Crippen LogP contribution in [0.25, 0.3) is 11.0 Å². The van der Waals surface area contributed by atoms with Crippen LogP contribution >= 0.6 is 0 Å². The Balaban J connectivity index is 1.71. The summed E-state index contributed by atoms with van der Waals surface area (Å²) in [6.07, 6.45) is 4.20. The average Bonchev–Trinajstić information content (AvgIpc) is 3.15. The Bertz CT molecular complexity index is 819. The summed E-state index contributed by atoms with van der Waals surface area (Å²) in [5, 5.41) is 7.15. The molecule has 0 aliphatic rings. The number of amides is 1. The molecule has 1 atom stereocenters. The fraction of sp³-hybridized carbons (Fsp3) is 0.353. The maximum Gasteiger partial charge on any atom is 0.245 e. The molecule has 23 heavy (non-hydrogen) atoms. The van der Waals surface area contributed by atoms with Gasteiger partial charge in [-0.25, -0.2) is 4.98 Å². The average molecular weight is 311 g/mol. The minimum atomic E-state index is -0.272. The first-order valence-electron chi connectivity index (χ1n) is 7.79. The van der Waals surface area contributed by atoms with E-state index in [0.717, 1.165) is 22.4 Å². The van der Waals surface area contributed by atoms with Crippen molar-refractivity contribution in [2.75, 3.05) is 0 Å². The van der Waals surface area contributed by atoms with E-state index in [1.54, 1.807) is 10.9 Å². The summed E-state index contributed by atoms with van der Waals surface area (Å²) >= 11 is 0. The SMILES string of the molecule is CCC(C(=O)NCc1ccc2c(c1)nc(C)n2C)n1cccn1. The lowest BCUT2D eigenvalue weighted by atomic mass is 10.1. The van der Waals surface area contributed by atoms with E-state index in [-0.39, 0.29) is 11.9 Å². The number of aryl methyl sites for hydroxylation is 2. The lowest BCUT2D eigenvalue weighted by Gasteiger charge is -2.15. The van der Waals surface area contributed by atoms with Gasteiger partial charge in [-0.05, 0) is 37.1 Å². The van der Waals surface area contributed by atoms with Gasteiger partial charge in [0.25, 0.3) is 0 Å². The predicted octanol–water partition coefficient (Wildman–Crippen LogP) is 2.35. The van der Waals surface area contributed by atoms with Crippen molar-refractivity contribution in [3.05, 3.63) is 48.0 Å². The van der Waals surface area contributed by atoms with Crippen LogP contribution in [-0.4, -0.2) is 25.2 Å². The van der Waals surface area contributed by atoms with E-state index < -0.39 is 0 Å². The van der Waals surface area contributed by atoms with Crippen LogP contribution < -0.4 is 5.32 Å². The van der Waals surface area contributed by atoms with Gasteiger partial charge in [0, 0.05) is 26.0 Å². The van der Waals surface area contributed by atoms with E-state index in [1.807, 2.05) is 51.4 Å². The van der Waals surface area contributed by atoms with Gasteiger partial charge < -0.3 is 9.88 Å². The highest BCUT2D eigenvalue weighted by Gasteiger charge is 2.18. The van der Waals surface area contributed by atoms with Gasteiger partial charge in [0.1, 0.15) is 11.9 Å². The number of hydrogen-bond donors (Lipinski definition) is 1. The van der Waals surface area contributed by atoms with Gasteiger partial charge in [0.15, 0.2) is 0 Å². The van der Waals surface area contributed by atoms with Crippen molar-refractivity contribution >= 4 is 16.9 Å². The Morgan fingerprint density at radius 2 is 2.22 bits per heavy atom. The minimum Gasteiger partial charge on any atom is -0.350 e. The number of benzene rings is 1. The molecule has 6 heteroatoms. The van der Waals surface area contributed by atoms with E-state index >= 15 is 0 Å². The van der Waals surface area contributed by atoms with Crippen LogP contribution in [0.3, 0.4) is 0 Å². The first-order valence-corrected chi connectivity index (χ1v) is 7.79. The molecule has 0 radical (unpaired) electrons. The molecule has 0 fully saturated rings. The van der Waals surface area contributed by atoms with Gasteiger partial charge in [0.2, 0.25) is 5.91 Å². The molecular weight excluding hydrogens is 290 g/mol. The molecule has 0 aliphatic carbocycles. The van der Waals surface area contributed by atoms with Crippen molar-refractivity contribution in [1.29, 1.82) is 0 Å². The second-order valence-corrected chi connectivity index (χ2v) is 5.67. The summed E-state index contributed by atoms with van der Waals surface area (Å²) in [6.45, 7) is 4.45. The zero-order chi connectivity index (χ0) is 16.4. The maximum atomic E-state index is 12.4. The number of aromatic nitrogens is 4. The van der Waals surface area contributed by atoms with Crippen molar-refractivity contribution in [2.45, 2.75) is 32.9 Å². The van der Waals surface area contributed by atoms with Gasteiger partial charge in [-0.3, -0.25) is 9.48 Å². The molecule has 1 aromatic carbocycles. The summed E-state index contributed by atoms with van der Waals surface area (Å²) < 4.78 is 3.75. The molecule has 1 unspecified atom stereocenters. The highest BCUT2D eigenvalue weighted by molar-refractivity contribution is 5.80. The second-order valence-electron chi connectivity index (χ2n) is 5.67. The normalized spacial score (nSPS) is 12.5. The van der Waals surface area contributed by atoms with Crippen LogP contribution in [0.4, 0.5) is 0 Å². The van der Waals surface area contributed by atoms with Crippen LogP contribution in [0.1, 0.15) is 30.8 Å². The lowest BCUT2D eigenvalue weighted by molar-refractivity contribution is -0.124. The second kappa shape index (κ2) is 6.24. The van der Waals surface area contributed by atoms with E-state index in [1.165, 1.54) is 0 Å². The summed E-state index contributed by atoms with van der Waals surface area (Å²) in [7, 11) is 2.00. The van der Waals surface area contributed by atoms with E-state index in [4.69, 9.17) is 0 Å². The Kier molecular flexibility index (Phi) is 4.14. The van der Waals surface area contributed by atoms with Crippen LogP contribution in [0.2, 0.25) is 0 Å². The van der Waals surface area contributed by atoms with Crippen LogP contribution in [0, 0.1) is 6.92 Å². The Labute approximate surface area is 135 Å². The van der Waals surface area contributed by atoms with E-state index in [0.29, 0.717) is 13.0 Å². The Morgan fingerprint density at radius 1 is 1.39 bits per heavy atom. The molecule has 3 rings (SSSR count). The minimum absolute atomic E-state index is 0.0199. The van der Waals surface area contributed by atoms with E-state index in [2.05, 4.69) is 20.0 Å². The van der Waals surface area contributed by atoms with Crippen LogP contribution in [-0.2, 0) is 18.4 Å². The van der Waals surface area contributed by atoms with Crippen molar-refractivity contribution in [2.24, 2.45) is 7.05 Å². The van der Waals surface area contributed by atoms with Crippen LogP contribution in [0.15, 0.2) is 36.7 Å². The summed E-state index contributed by atoms with van der Waals surface area (Å²) in [6, 6.07) is 7.65. The largest absolute Gasteiger partial charge is 0.350 e. The number of rotatable bonds is 5. The third-order valence-corrected chi connectivity index (χ3v) is 4.17. The third-order valence-electron chi connectivity index (χ3n) is 4.17. The molecule has 2 heterocycles. The third kappa shape index (κ3) is 2.97. The highest BCUT2D eigenvalue weighted by atomic mass is 16.2. The molecule has 0 spiro atoms.